The van der Waals surface area contributed by atoms with Gasteiger partial charge in [0.05, 0.1) is 9.82 Å². The van der Waals surface area contributed by atoms with Crippen LogP contribution in [0, 0.1) is 10.1 Å². The Kier molecular flexibility index (Phi) is 6.49. The molecule has 1 aliphatic heterocycles. The molecule has 0 amide bonds. The van der Waals surface area contributed by atoms with E-state index in [1.165, 1.54) is 34.7 Å². The van der Waals surface area contributed by atoms with E-state index < -0.39 is 14.9 Å². The highest BCUT2D eigenvalue weighted by atomic mass is 32.2. The summed E-state index contributed by atoms with van der Waals surface area (Å²) in [6, 6.07) is 8.02. The number of nitro benzene ring substituents is 1. The van der Waals surface area contributed by atoms with Crippen LogP contribution in [0.1, 0.15) is 43.2 Å². The molecule has 0 bridgehead atoms. The second-order valence-corrected chi connectivity index (χ2v) is 9.85. The van der Waals surface area contributed by atoms with E-state index in [1.54, 1.807) is 0 Å². The molecule has 2 atom stereocenters. The fourth-order valence-corrected chi connectivity index (χ4v) is 5.81. The fourth-order valence-electron chi connectivity index (χ4n) is 3.72. The first-order valence-electron chi connectivity index (χ1n) is 9.35. The smallest absolute Gasteiger partial charge is 0.269 e. The van der Waals surface area contributed by atoms with Gasteiger partial charge in [-0.2, -0.15) is 0 Å². The Morgan fingerprint density at radius 1 is 1.21 bits per heavy atom. The number of unbranched alkanes of at least 4 members (excludes halogenated alkanes) is 1. The number of nitro groups is 1. The van der Waals surface area contributed by atoms with E-state index >= 15 is 0 Å². The summed E-state index contributed by atoms with van der Waals surface area (Å²) in [6.45, 7) is 5.76. The van der Waals surface area contributed by atoms with Crippen LogP contribution < -0.4 is 4.72 Å². The number of nitrogens with zero attached hydrogens (tertiary/aromatic N) is 2. The molecule has 0 fully saturated rings. The molecule has 2 aromatic rings. The first kappa shape index (κ1) is 20.9. The molecule has 0 saturated heterocycles. The van der Waals surface area contributed by atoms with E-state index in [-0.39, 0.29) is 10.6 Å². The fraction of sp³-hybridized carbons (Fsp3) is 0.474. The molecule has 1 N–H and O–H groups in total. The molecule has 0 unspecified atom stereocenters. The zero-order valence-electron chi connectivity index (χ0n) is 16.0. The van der Waals surface area contributed by atoms with Gasteiger partial charge in [-0.05, 0) is 68.8 Å². The lowest BCUT2D eigenvalue weighted by Gasteiger charge is -2.39. The van der Waals surface area contributed by atoms with Crippen molar-refractivity contribution < 1.29 is 13.3 Å². The number of rotatable bonds is 8. The average Bonchev–Trinajstić information content (AvgIpc) is 3.12. The molecular weight excluding hydrogens is 398 g/mol. The molecule has 0 aliphatic carbocycles. The van der Waals surface area contributed by atoms with Gasteiger partial charge in [0.25, 0.3) is 5.69 Å². The summed E-state index contributed by atoms with van der Waals surface area (Å²) in [6.07, 6.45) is 2.70. The highest BCUT2D eigenvalue weighted by molar-refractivity contribution is 7.89. The molecule has 9 heteroatoms. The van der Waals surface area contributed by atoms with Gasteiger partial charge in [0.1, 0.15) is 0 Å². The number of thiophene rings is 1. The number of sulfonamides is 1. The summed E-state index contributed by atoms with van der Waals surface area (Å²) in [7, 11) is -3.65. The lowest BCUT2D eigenvalue weighted by Crippen LogP contribution is -2.41. The standard InChI is InChI=1S/C19H25N3O4S2/c1-14-13-16-9-12-27-19(16)15(2)21(14)11-4-3-10-20-28(25,26)18-7-5-17(6-8-18)22(23)24/h5-9,12,14-15,20H,3-4,10-11,13H2,1-2H3/t14-,15+/m1/s1. The van der Waals surface area contributed by atoms with Crippen LogP contribution in [0.3, 0.4) is 0 Å². The van der Waals surface area contributed by atoms with Crippen molar-refractivity contribution in [2.24, 2.45) is 0 Å². The Bertz CT molecular complexity index is 925. The molecule has 1 aliphatic rings. The van der Waals surface area contributed by atoms with Crippen molar-refractivity contribution in [2.75, 3.05) is 13.1 Å². The van der Waals surface area contributed by atoms with Gasteiger partial charge in [-0.15, -0.1) is 11.3 Å². The van der Waals surface area contributed by atoms with Crippen LogP contribution in [0.5, 0.6) is 0 Å². The van der Waals surface area contributed by atoms with Gasteiger partial charge >= 0.3 is 0 Å². The monoisotopic (exact) mass is 423 g/mol. The molecular formula is C19H25N3O4S2. The van der Waals surface area contributed by atoms with Crippen LogP contribution >= 0.6 is 11.3 Å². The summed E-state index contributed by atoms with van der Waals surface area (Å²) in [5.41, 5.74) is 1.33. The van der Waals surface area contributed by atoms with Gasteiger partial charge in [0.2, 0.25) is 10.0 Å². The zero-order valence-corrected chi connectivity index (χ0v) is 17.6. The van der Waals surface area contributed by atoms with E-state index in [0.717, 1.165) is 25.8 Å². The van der Waals surface area contributed by atoms with Crippen molar-refractivity contribution in [3.05, 3.63) is 56.3 Å². The highest BCUT2D eigenvalue weighted by Gasteiger charge is 2.29. The Morgan fingerprint density at radius 3 is 2.61 bits per heavy atom. The maximum absolute atomic E-state index is 12.3. The SMILES string of the molecule is C[C@@H]1Cc2ccsc2[C@H](C)N1CCCCNS(=O)(=O)c1ccc([N+](=O)[O-])cc1. The third-order valence-electron chi connectivity index (χ3n) is 5.23. The van der Waals surface area contributed by atoms with Crippen molar-refractivity contribution in [1.29, 1.82) is 0 Å². The van der Waals surface area contributed by atoms with Gasteiger partial charge in [-0.3, -0.25) is 15.0 Å². The third kappa shape index (κ3) is 4.60. The maximum atomic E-state index is 12.3. The van der Waals surface area contributed by atoms with Crippen molar-refractivity contribution in [3.63, 3.8) is 0 Å². The highest BCUT2D eigenvalue weighted by Crippen LogP contribution is 2.36. The Hall–Kier alpha value is -1.81. The van der Waals surface area contributed by atoms with E-state index in [9.17, 15) is 18.5 Å². The van der Waals surface area contributed by atoms with Crippen LogP contribution in [0.2, 0.25) is 0 Å². The Balaban J connectivity index is 1.47. The number of fused-ring (bicyclic) bond motifs is 1. The minimum Gasteiger partial charge on any atom is -0.293 e. The van der Waals surface area contributed by atoms with Crippen LogP contribution in [-0.2, 0) is 16.4 Å². The van der Waals surface area contributed by atoms with Gasteiger partial charge in [0.15, 0.2) is 0 Å². The maximum Gasteiger partial charge on any atom is 0.269 e. The normalized spacial score (nSPS) is 20.1. The van der Waals surface area contributed by atoms with Crippen LogP contribution in [0.25, 0.3) is 0 Å². The minimum absolute atomic E-state index is 0.0431. The molecule has 3 rings (SSSR count). The van der Waals surface area contributed by atoms with Crippen molar-refractivity contribution in [3.8, 4) is 0 Å². The molecule has 0 spiro atoms. The largest absolute Gasteiger partial charge is 0.293 e. The number of hydrogen-bond donors (Lipinski definition) is 1. The lowest BCUT2D eigenvalue weighted by molar-refractivity contribution is -0.384. The molecule has 0 saturated carbocycles. The first-order valence-corrected chi connectivity index (χ1v) is 11.7. The average molecular weight is 424 g/mol. The summed E-state index contributed by atoms with van der Waals surface area (Å²) >= 11 is 1.81. The molecule has 0 radical (unpaired) electrons. The third-order valence-corrected chi connectivity index (χ3v) is 7.84. The molecule has 1 aromatic carbocycles. The first-order chi connectivity index (χ1) is 13.3. The Labute approximate surface area is 169 Å². The summed E-state index contributed by atoms with van der Waals surface area (Å²) < 4.78 is 27.2. The predicted molar refractivity (Wildman–Crippen MR) is 110 cm³/mol. The number of non-ortho nitro benzene ring substituents is 1. The van der Waals surface area contributed by atoms with Crippen molar-refractivity contribution in [1.82, 2.24) is 9.62 Å². The van der Waals surface area contributed by atoms with E-state index in [1.807, 2.05) is 11.3 Å². The zero-order chi connectivity index (χ0) is 20.3. The summed E-state index contributed by atoms with van der Waals surface area (Å²) in [5.74, 6) is 0. The molecule has 2 heterocycles. The molecule has 152 valence electrons. The summed E-state index contributed by atoms with van der Waals surface area (Å²) in [5, 5.41) is 12.8. The number of nitrogens with one attached hydrogen (secondary N) is 1. The Morgan fingerprint density at radius 2 is 1.93 bits per heavy atom. The molecule has 1 aromatic heterocycles. The quantitative estimate of drug-likeness (QED) is 0.397. The van der Waals surface area contributed by atoms with Crippen LogP contribution in [0.4, 0.5) is 5.69 Å². The van der Waals surface area contributed by atoms with E-state index in [2.05, 4.69) is 34.9 Å². The predicted octanol–water partition coefficient (Wildman–Crippen LogP) is 3.72. The van der Waals surface area contributed by atoms with Gasteiger partial charge in [-0.25, -0.2) is 13.1 Å². The molecule has 28 heavy (non-hydrogen) atoms. The number of benzene rings is 1. The topological polar surface area (TPSA) is 92.6 Å². The lowest BCUT2D eigenvalue weighted by atomic mass is 9.96. The number of hydrogen-bond acceptors (Lipinski definition) is 6. The van der Waals surface area contributed by atoms with Gasteiger partial charge in [0, 0.05) is 35.6 Å². The van der Waals surface area contributed by atoms with Gasteiger partial charge < -0.3 is 0 Å². The second kappa shape index (κ2) is 8.69. The van der Waals surface area contributed by atoms with Crippen LogP contribution in [-0.4, -0.2) is 37.4 Å². The van der Waals surface area contributed by atoms with Crippen molar-refractivity contribution >= 4 is 27.0 Å². The summed E-state index contributed by atoms with van der Waals surface area (Å²) in [4.78, 5) is 14.1. The van der Waals surface area contributed by atoms with Crippen molar-refractivity contribution in [2.45, 2.75) is 50.1 Å². The van der Waals surface area contributed by atoms with Gasteiger partial charge in [-0.1, -0.05) is 0 Å². The second-order valence-electron chi connectivity index (χ2n) is 7.13. The molecule has 7 nitrogen and oxygen atoms in total. The van der Waals surface area contributed by atoms with Crippen LogP contribution in [0.15, 0.2) is 40.6 Å². The van der Waals surface area contributed by atoms with E-state index in [4.69, 9.17) is 0 Å². The van der Waals surface area contributed by atoms with E-state index in [0.29, 0.717) is 18.6 Å². The minimum atomic E-state index is -3.65.